The van der Waals surface area contributed by atoms with Crippen LogP contribution < -0.4 is 4.90 Å². The Morgan fingerprint density at radius 2 is 0.870 bits per heavy atom. The van der Waals surface area contributed by atoms with Crippen molar-refractivity contribution in [3.63, 3.8) is 0 Å². The van der Waals surface area contributed by atoms with Gasteiger partial charge in [0.05, 0.1) is 71.8 Å². The predicted octanol–water partition coefficient (Wildman–Crippen LogP) is 14.4. The molecule has 0 unspecified atom stereocenters. The zero-order valence-electron chi connectivity index (χ0n) is 62.9. The van der Waals surface area contributed by atoms with Crippen LogP contribution in [0.25, 0.3) is 71.6 Å². The second-order valence-corrected chi connectivity index (χ2v) is 11.0. The molecule has 254 valence electrons. The molecule has 0 fully saturated rings. The summed E-state index contributed by atoms with van der Waals surface area (Å²) < 4.78 is 326. The molecule has 0 saturated carbocycles. The van der Waals surface area contributed by atoms with E-state index in [9.17, 15) is 21.9 Å². The third-order valence-corrected chi connectivity index (χ3v) is 7.99. The van der Waals surface area contributed by atoms with Gasteiger partial charge in [0, 0.05) is 33.1 Å². The number of nitrogens with zero attached hydrogens (tertiary/aromatic N) is 2. The van der Waals surface area contributed by atoms with Crippen molar-refractivity contribution < 1.29 is 49.3 Å². The molecule has 0 amide bonds. The average Bonchev–Trinajstić information content (AvgIpc) is 1.42. The summed E-state index contributed by atoms with van der Waals surface area (Å²) >= 11 is 0. The van der Waals surface area contributed by atoms with Gasteiger partial charge in [0.2, 0.25) is 0 Å². The van der Waals surface area contributed by atoms with Crippen molar-refractivity contribution in [1.82, 2.24) is 4.57 Å². The summed E-state index contributed by atoms with van der Waals surface area (Å²) in [6.07, 6.45) is 0. The van der Waals surface area contributed by atoms with Crippen LogP contribution in [0, 0.1) is 0 Å². The Balaban J connectivity index is 1.40. The normalized spacial score (nSPS) is 20.7. The fraction of sp³-hybridized carbons (Fsp3) is 0. The van der Waals surface area contributed by atoms with Gasteiger partial charge in [-0.2, -0.15) is 0 Å². The Morgan fingerprint density at radius 3 is 1.61 bits per heavy atom. The molecule has 10 rings (SSSR count). The van der Waals surface area contributed by atoms with E-state index in [1.165, 1.54) is 0 Å². The van der Waals surface area contributed by atoms with Crippen molar-refractivity contribution in [2.24, 2.45) is 0 Å². The fourth-order valence-corrected chi connectivity index (χ4v) is 5.66. The lowest BCUT2D eigenvalue weighted by Crippen LogP contribution is -2.11. The summed E-state index contributed by atoms with van der Waals surface area (Å²) in [6, 6.07) is -40.1. The molecule has 9 aromatic carbocycles. The maximum absolute atomic E-state index is 9.89. The van der Waals surface area contributed by atoms with Crippen LogP contribution in [0.3, 0.4) is 0 Å². The minimum atomic E-state index is -1.43. The van der Waals surface area contributed by atoms with E-state index in [-0.39, 0.29) is 4.90 Å². The SMILES string of the molecule is [2H]c1c([2H])c([2H])c(-c2c([2H])c([2H])c(N(c3c([2H])c([2H])c(-c4c([2H])c([2H])c5c(c4[2H])c4c([2H])c([2H])c([2H])c([2H])c4n5-c4c([2H])c([2H])c([2H])c5c([2H])c([2H])c([2H])c([2H])c45)c([2H])c3[2H])c3c([2H])c([2H])c([2H])c([2H])c3-c3c([2H])c([2H])c([2H])c([2H])c3[2H])c([2H])c2[2H])c([2H])c1[2H]. The van der Waals surface area contributed by atoms with Gasteiger partial charge in [0.15, 0.2) is 0 Å². The number of benzene rings is 9. The largest absolute Gasteiger partial charge is 0.310 e. The zero-order valence-corrected chi connectivity index (χ0v) is 26.9. The lowest BCUT2D eigenvalue weighted by atomic mass is 10.00. The molecule has 10 aromatic rings. The third kappa shape index (κ3) is 5.53. The van der Waals surface area contributed by atoms with E-state index in [2.05, 4.69) is 0 Å². The summed E-state index contributed by atoms with van der Waals surface area (Å²) in [5, 5.41) is -2.78. The molecule has 0 aliphatic carbocycles. The average molecular weight is 725 g/mol. The van der Waals surface area contributed by atoms with Gasteiger partial charge in [0.25, 0.3) is 0 Å². The van der Waals surface area contributed by atoms with Crippen molar-refractivity contribution in [2.45, 2.75) is 0 Å². The van der Waals surface area contributed by atoms with Crippen LogP contribution in [0.15, 0.2) is 218 Å². The monoisotopic (exact) mass is 725 g/mol. The lowest BCUT2D eigenvalue weighted by molar-refractivity contribution is 1.20. The van der Waals surface area contributed by atoms with Gasteiger partial charge in [-0.15, -0.1) is 0 Å². The summed E-state index contributed by atoms with van der Waals surface area (Å²) in [6.45, 7) is 0. The first-order chi connectivity index (χ1) is 41.8. The molecule has 0 bridgehead atoms. The Hall–Kier alpha value is -7.16. The summed E-state index contributed by atoms with van der Waals surface area (Å²) in [7, 11) is 0. The first-order valence-electron chi connectivity index (χ1n) is 33.6. The van der Waals surface area contributed by atoms with Crippen LogP contribution in [0.4, 0.5) is 17.1 Å². The zero-order chi connectivity index (χ0) is 67.2. The van der Waals surface area contributed by atoms with E-state index in [0.29, 0.717) is 4.57 Å². The molecule has 2 heteroatoms. The molecular weight excluding hydrogens is 653 g/mol. The minimum Gasteiger partial charge on any atom is -0.310 e. The highest BCUT2D eigenvalue weighted by Gasteiger charge is 2.19. The Bertz CT molecular complexity index is 4910. The predicted molar refractivity (Wildman–Crippen MR) is 229 cm³/mol. The number of para-hydroxylation sites is 2. The number of hydrogen-bond acceptors (Lipinski definition) is 1. The van der Waals surface area contributed by atoms with Gasteiger partial charge in [0.1, 0.15) is 0 Å². The van der Waals surface area contributed by atoms with Gasteiger partial charge >= 0.3 is 0 Å². The van der Waals surface area contributed by atoms with E-state index >= 15 is 0 Å². The second kappa shape index (κ2) is 13.4. The standard InChI is InChI=1S/C52H36N2/c1-3-14-37(15-4-1)38-26-31-43(32-27-38)53(49-23-11-9-21-45(49)40-16-5-2-6-17-40)44-33-28-39(29-34-44)42-30-35-52-48(36-42)47-22-10-12-24-51(47)54(52)50-25-13-19-41-18-7-8-20-46(41)50/h1-36H/i1D,2D,3D,4D,5D,6D,7D,8D,9D,10D,11D,12D,13D,14D,15D,16D,17D,18D,19D,20D,21D,22D,23D,24D,25D,26D,27D,28D,29D,30D,31D,32D,33D,34D,35D,36D. The van der Waals surface area contributed by atoms with E-state index in [0.717, 1.165) is 0 Å². The quantitative estimate of drug-likeness (QED) is 0.159. The summed E-state index contributed by atoms with van der Waals surface area (Å²) in [4.78, 5) is 0.234. The van der Waals surface area contributed by atoms with E-state index in [1.54, 1.807) is 0 Å². The number of aromatic nitrogens is 1. The van der Waals surface area contributed by atoms with Crippen molar-refractivity contribution >= 4 is 49.6 Å². The molecule has 1 aromatic heterocycles. The minimum absolute atomic E-state index is 0.234. The lowest BCUT2D eigenvalue weighted by Gasteiger charge is -2.28. The van der Waals surface area contributed by atoms with Gasteiger partial charge in [-0.3, -0.25) is 0 Å². The second-order valence-electron chi connectivity index (χ2n) is 11.0. The van der Waals surface area contributed by atoms with Gasteiger partial charge in [-0.25, -0.2) is 0 Å². The van der Waals surface area contributed by atoms with Crippen LogP contribution >= 0.6 is 0 Å². The number of fused-ring (bicyclic) bond motifs is 4. The van der Waals surface area contributed by atoms with Crippen LogP contribution in [-0.2, 0) is 0 Å². The van der Waals surface area contributed by atoms with Crippen LogP contribution in [-0.4, -0.2) is 4.57 Å². The van der Waals surface area contributed by atoms with Crippen LogP contribution in [0.2, 0.25) is 0 Å². The molecule has 0 spiro atoms. The fourth-order valence-electron chi connectivity index (χ4n) is 5.66. The highest BCUT2D eigenvalue weighted by atomic mass is 15.1. The Labute approximate surface area is 366 Å². The van der Waals surface area contributed by atoms with E-state index in [1.807, 2.05) is 0 Å². The Morgan fingerprint density at radius 1 is 0.352 bits per heavy atom. The molecule has 0 radical (unpaired) electrons. The first-order valence-corrected chi connectivity index (χ1v) is 15.6. The molecule has 54 heavy (non-hydrogen) atoms. The van der Waals surface area contributed by atoms with Crippen LogP contribution in [0.5, 0.6) is 0 Å². The molecule has 0 atom stereocenters. The maximum atomic E-state index is 9.89. The number of hydrogen-bond donors (Lipinski definition) is 0. The number of rotatable bonds is 7. The molecule has 0 aliphatic heterocycles. The van der Waals surface area contributed by atoms with Gasteiger partial charge in [-0.1, -0.05) is 163 Å². The molecule has 0 N–H and O–H groups in total. The van der Waals surface area contributed by atoms with Crippen molar-refractivity contribution in [3.8, 4) is 39.1 Å². The van der Waals surface area contributed by atoms with Crippen molar-refractivity contribution in [1.29, 1.82) is 0 Å². The maximum Gasteiger partial charge on any atom is 0.0645 e. The molecule has 0 aliphatic rings. The summed E-state index contributed by atoms with van der Waals surface area (Å²) in [5.74, 6) is 0. The third-order valence-electron chi connectivity index (χ3n) is 7.99. The number of anilines is 3. The molecule has 1 heterocycles. The van der Waals surface area contributed by atoms with E-state index < -0.39 is 306 Å². The topological polar surface area (TPSA) is 8.17 Å². The smallest absolute Gasteiger partial charge is 0.0645 e. The summed E-state index contributed by atoms with van der Waals surface area (Å²) in [5.41, 5.74) is -12.2. The Kier molecular flexibility index (Phi) is 2.90. The molecule has 2 nitrogen and oxygen atoms in total. The molecular formula is C52H36N2. The highest BCUT2D eigenvalue weighted by Crippen LogP contribution is 2.42. The first kappa shape index (κ1) is 11.7. The van der Waals surface area contributed by atoms with Gasteiger partial charge < -0.3 is 9.47 Å². The van der Waals surface area contributed by atoms with Crippen LogP contribution in [0.1, 0.15) is 49.3 Å². The highest BCUT2D eigenvalue weighted by molar-refractivity contribution is 6.11. The van der Waals surface area contributed by atoms with Crippen molar-refractivity contribution in [2.75, 3.05) is 4.90 Å². The van der Waals surface area contributed by atoms with E-state index in [4.69, 9.17) is 27.4 Å². The van der Waals surface area contributed by atoms with Crippen molar-refractivity contribution in [3.05, 3.63) is 218 Å². The molecule has 0 saturated heterocycles. The van der Waals surface area contributed by atoms with Gasteiger partial charge in [-0.05, 0) is 87.6 Å².